The molecule has 2 unspecified atom stereocenters. The topological polar surface area (TPSA) is 60.2 Å². The quantitative estimate of drug-likeness (QED) is 0.857. The van der Waals surface area contributed by atoms with Gasteiger partial charge in [0.05, 0.1) is 11.6 Å². The fourth-order valence-corrected chi connectivity index (χ4v) is 2.79. The van der Waals surface area contributed by atoms with Crippen LogP contribution in [0.4, 0.5) is 5.69 Å². The van der Waals surface area contributed by atoms with E-state index in [1.165, 1.54) is 6.42 Å². The molecular weight excluding hydrogens is 238 g/mol. The number of ether oxygens (including phenoxy) is 1. The molecule has 0 radical (unpaired) electrons. The van der Waals surface area contributed by atoms with Crippen LogP contribution in [0.3, 0.4) is 0 Å². The van der Waals surface area contributed by atoms with Crippen molar-refractivity contribution in [3.63, 3.8) is 0 Å². The lowest BCUT2D eigenvalue weighted by Crippen LogP contribution is -2.46. The standard InChI is InChI=1S/C15H25N3O/c1-3-8-18-14(12-11-17-9-6-13(12)16)15(2)7-4-5-10-19-15/h6,9,11,14,18H,3-5,7-8,10H2,1-2H3,(H2,16,17). The van der Waals surface area contributed by atoms with Crippen molar-refractivity contribution in [3.8, 4) is 0 Å². The van der Waals surface area contributed by atoms with Gasteiger partial charge in [-0.2, -0.15) is 0 Å². The highest BCUT2D eigenvalue weighted by Gasteiger charge is 2.38. The average molecular weight is 263 g/mol. The Kier molecular flexibility index (Phi) is 4.77. The molecule has 0 spiro atoms. The van der Waals surface area contributed by atoms with E-state index in [-0.39, 0.29) is 11.6 Å². The molecule has 2 rings (SSSR count). The van der Waals surface area contributed by atoms with Gasteiger partial charge in [0.15, 0.2) is 0 Å². The molecule has 1 saturated heterocycles. The molecule has 1 aliphatic rings. The van der Waals surface area contributed by atoms with Gasteiger partial charge in [0, 0.05) is 30.3 Å². The minimum Gasteiger partial charge on any atom is -0.398 e. The normalized spacial score (nSPS) is 25.2. The Hall–Kier alpha value is -1.13. The zero-order chi connectivity index (χ0) is 13.7. The van der Waals surface area contributed by atoms with E-state index in [0.29, 0.717) is 0 Å². The fourth-order valence-electron chi connectivity index (χ4n) is 2.79. The fraction of sp³-hybridized carbons (Fsp3) is 0.667. The van der Waals surface area contributed by atoms with Gasteiger partial charge in [-0.3, -0.25) is 4.98 Å². The second-order valence-corrected chi connectivity index (χ2v) is 5.51. The number of nitrogens with zero attached hydrogens (tertiary/aromatic N) is 1. The van der Waals surface area contributed by atoms with Gasteiger partial charge in [0.1, 0.15) is 0 Å². The first-order valence-corrected chi connectivity index (χ1v) is 7.24. The first-order valence-electron chi connectivity index (χ1n) is 7.24. The third kappa shape index (κ3) is 3.25. The van der Waals surface area contributed by atoms with Crippen molar-refractivity contribution in [1.82, 2.24) is 10.3 Å². The highest BCUT2D eigenvalue weighted by molar-refractivity contribution is 5.47. The van der Waals surface area contributed by atoms with Gasteiger partial charge >= 0.3 is 0 Å². The average Bonchev–Trinajstić information content (AvgIpc) is 2.42. The monoisotopic (exact) mass is 263 g/mol. The van der Waals surface area contributed by atoms with Gasteiger partial charge in [-0.25, -0.2) is 0 Å². The molecular formula is C15H25N3O. The minimum atomic E-state index is -0.190. The molecule has 3 N–H and O–H groups in total. The smallest absolute Gasteiger partial charge is 0.0849 e. The van der Waals surface area contributed by atoms with Crippen LogP contribution < -0.4 is 11.1 Å². The number of nitrogens with two attached hydrogens (primary N) is 1. The predicted molar refractivity (Wildman–Crippen MR) is 77.9 cm³/mol. The van der Waals surface area contributed by atoms with Crippen LogP contribution in [0, 0.1) is 0 Å². The van der Waals surface area contributed by atoms with E-state index >= 15 is 0 Å². The van der Waals surface area contributed by atoms with Crippen LogP contribution >= 0.6 is 0 Å². The maximum absolute atomic E-state index is 6.12. The largest absolute Gasteiger partial charge is 0.398 e. The Morgan fingerprint density at radius 1 is 1.53 bits per heavy atom. The molecule has 2 atom stereocenters. The molecule has 0 saturated carbocycles. The molecule has 0 aliphatic carbocycles. The predicted octanol–water partition coefficient (Wildman–Crippen LogP) is 2.66. The van der Waals surface area contributed by atoms with Crippen LogP contribution in [0.1, 0.15) is 51.1 Å². The third-order valence-corrected chi connectivity index (χ3v) is 3.91. The number of hydrogen-bond acceptors (Lipinski definition) is 4. The highest BCUT2D eigenvalue weighted by Crippen LogP contribution is 2.38. The van der Waals surface area contributed by atoms with Gasteiger partial charge < -0.3 is 15.8 Å². The summed E-state index contributed by atoms with van der Waals surface area (Å²) in [6, 6.07) is 1.98. The Bertz CT molecular complexity index is 402. The third-order valence-electron chi connectivity index (χ3n) is 3.91. The van der Waals surface area contributed by atoms with Gasteiger partial charge in [-0.05, 0) is 45.2 Å². The lowest BCUT2D eigenvalue weighted by Gasteiger charge is -2.41. The lowest BCUT2D eigenvalue weighted by molar-refractivity contribution is -0.0896. The molecule has 1 aliphatic heterocycles. The van der Waals surface area contributed by atoms with Crippen molar-refractivity contribution in [2.24, 2.45) is 0 Å². The van der Waals surface area contributed by atoms with Crippen LogP contribution in [0.15, 0.2) is 18.5 Å². The van der Waals surface area contributed by atoms with E-state index in [4.69, 9.17) is 10.5 Å². The summed E-state index contributed by atoms with van der Waals surface area (Å²) in [6.45, 7) is 6.14. The van der Waals surface area contributed by atoms with Crippen molar-refractivity contribution < 1.29 is 4.74 Å². The number of hydrogen-bond donors (Lipinski definition) is 2. The molecule has 4 heteroatoms. The summed E-state index contributed by atoms with van der Waals surface area (Å²) in [5.74, 6) is 0. The number of pyridine rings is 1. The van der Waals surface area contributed by atoms with Crippen molar-refractivity contribution in [2.75, 3.05) is 18.9 Å². The van der Waals surface area contributed by atoms with Crippen LogP contribution in [0.25, 0.3) is 0 Å². The lowest BCUT2D eigenvalue weighted by atomic mass is 9.84. The van der Waals surface area contributed by atoms with Crippen molar-refractivity contribution in [2.45, 2.75) is 51.2 Å². The summed E-state index contributed by atoms with van der Waals surface area (Å²) >= 11 is 0. The molecule has 0 aromatic carbocycles. The molecule has 106 valence electrons. The molecule has 1 aromatic rings. The van der Waals surface area contributed by atoms with Crippen LogP contribution in [0.2, 0.25) is 0 Å². The van der Waals surface area contributed by atoms with E-state index in [2.05, 4.69) is 24.1 Å². The van der Waals surface area contributed by atoms with E-state index in [9.17, 15) is 0 Å². The van der Waals surface area contributed by atoms with Crippen molar-refractivity contribution >= 4 is 5.69 Å². The second kappa shape index (κ2) is 6.35. The summed E-state index contributed by atoms with van der Waals surface area (Å²) in [6.07, 6.45) is 8.11. The van der Waals surface area contributed by atoms with E-state index < -0.39 is 0 Å². The van der Waals surface area contributed by atoms with Gasteiger partial charge in [-0.1, -0.05) is 6.92 Å². The first-order chi connectivity index (χ1) is 9.17. The van der Waals surface area contributed by atoms with E-state index in [1.54, 1.807) is 6.20 Å². The second-order valence-electron chi connectivity index (χ2n) is 5.51. The SMILES string of the molecule is CCCNC(c1cnccc1N)C1(C)CCCCO1. The van der Waals surface area contributed by atoms with Gasteiger partial charge in [0.25, 0.3) is 0 Å². The van der Waals surface area contributed by atoms with E-state index in [1.807, 2.05) is 12.3 Å². The summed E-state index contributed by atoms with van der Waals surface area (Å²) in [5, 5.41) is 3.59. The van der Waals surface area contributed by atoms with Gasteiger partial charge in [-0.15, -0.1) is 0 Å². The Morgan fingerprint density at radius 3 is 3.00 bits per heavy atom. The first kappa shape index (κ1) is 14.3. The number of anilines is 1. The summed E-state index contributed by atoms with van der Waals surface area (Å²) in [4.78, 5) is 4.22. The Balaban J connectivity index is 2.27. The van der Waals surface area contributed by atoms with E-state index in [0.717, 1.165) is 43.7 Å². The summed E-state index contributed by atoms with van der Waals surface area (Å²) in [7, 11) is 0. The van der Waals surface area contributed by atoms with Gasteiger partial charge in [0.2, 0.25) is 0 Å². The summed E-state index contributed by atoms with van der Waals surface area (Å²) < 4.78 is 6.09. The number of rotatable bonds is 5. The number of nitrogens with one attached hydrogen (secondary N) is 1. The summed E-state index contributed by atoms with van der Waals surface area (Å²) in [5.41, 5.74) is 7.78. The highest BCUT2D eigenvalue weighted by atomic mass is 16.5. The maximum atomic E-state index is 6.12. The molecule has 0 amide bonds. The molecule has 1 aromatic heterocycles. The molecule has 0 bridgehead atoms. The van der Waals surface area contributed by atoms with Crippen molar-refractivity contribution in [3.05, 3.63) is 24.0 Å². The number of nitrogen functional groups attached to an aromatic ring is 1. The minimum absolute atomic E-state index is 0.112. The zero-order valence-electron chi connectivity index (χ0n) is 12.0. The molecule has 1 fully saturated rings. The van der Waals surface area contributed by atoms with Crippen molar-refractivity contribution in [1.29, 1.82) is 0 Å². The van der Waals surface area contributed by atoms with Crippen LogP contribution in [-0.4, -0.2) is 23.7 Å². The zero-order valence-corrected chi connectivity index (χ0v) is 12.0. The van der Waals surface area contributed by atoms with Crippen LogP contribution in [-0.2, 0) is 4.74 Å². The number of aromatic nitrogens is 1. The molecule has 4 nitrogen and oxygen atoms in total. The molecule has 2 heterocycles. The molecule has 19 heavy (non-hydrogen) atoms. The Labute approximate surface area is 115 Å². The Morgan fingerprint density at radius 2 is 2.37 bits per heavy atom. The maximum Gasteiger partial charge on any atom is 0.0849 e. The van der Waals surface area contributed by atoms with Crippen LogP contribution in [0.5, 0.6) is 0 Å².